The molecular weight excluding hydrogens is 270 g/mol. The van der Waals surface area contributed by atoms with Crippen molar-refractivity contribution in [3.63, 3.8) is 0 Å². The van der Waals surface area contributed by atoms with Crippen LogP contribution in [-0.4, -0.2) is 14.9 Å². The van der Waals surface area contributed by atoms with Crippen LogP contribution < -0.4 is 11.1 Å². The molecule has 0 unspecified atom stereocenters. The fraction of sp³-hybridized carbons (Fsp3) is 0. The molecule has 0 spiro atoms. The van der Waals surface area contributed by atoms with Crippen molar-refractivity contribution in [2.45, 2.75) is 4.90 Å². The number of nitro benzene ring substituents is 1. The molecule has 0 bridgehead atoms. The van der Waals surface area contributed by atoms with Gasteiger partial charge >= 0.3 is 11.1 Å². The van der Waals surface area contributed by atoms with Crippen molar-refractivity contribution in [3.8, 4) is 0 Å². The maximum Gasteiger partial charge on any atom is 0.314 e. The smallest absolute Gasteiger partial charge is 0.314 e. The minimum atomic E-state index is -0.863. The Labute approximate surface area is 101 Å². The highest BCUT2D eigenvalue weighted by atomic mass is 35.7. The Hall–Kier alpha value is -1.80. The lowest BCUT2D eigenvalue weighted by molar-refractivity contribution is -0.387. The third-order valence-electron chi connectivity index (χ3n) is 2.08. The predicted molar refractivity (Wildman–Crippen MR) is 63.6 cm³/mol. The van der Waals surface area contributed by atoms with Crippen molar-refractivity contribution in [3.05, 3.63) is 43.0 Å². The fourth-order valence-electron chi connectivity index (χ4n) is 1.34. The summed E-state index contributed by atoms with van der Waals surface area (Å²) in [7, 11) is 6.16. The third kappa shape index (κ3) is 2.04. The Morgan fingerprint density at radius 3 is 2.18 bits per heavy atom. The highest BCUT2D eigenvalue weighted by molar-refractivity contribution is 8.21. The third-order valence-corrected chi connectivity index (χ3v) is 3.07. The van der Waals surface area contributed by atoms with Gasteiger partial charge in [-0.15, -0.1) is 0 Å². The zero-order chi connectivity index (χ0) is 12.6. The van der Waals surface area contributed by atoms with Gasteiger partial charge in [0.15, 0.2) is 0 Å². The van der Waals surface area contributed by atoms with Gasteiger partial charge in [0, 0.05) is 6.07 Å². The van der Waals surface area contributed by atoms with Gasteiger partial charge in [-0.3, -0.25) is 19.7 Å². The molecule has 0 fully saturated rings. The molecule has 1 aromatic heterocycles. The Kier molecular flexibility index (Phi) is 2.90. The lowest BCUT2D eigenvalue weighted by atomic mass is 10.2. The monoisotopic (exact) mass is 273 g/mol. The highest BCUT2D eigenvalue weighted by Crippen LogP contribution is 2.33. The maximum absolute atomic E-state index is 11.1. The summed E-state index contributed by atoms with van der Waals surface area (Å²) in [6, 6.07) is 2.49. The molecule has 0 aliphatic carbocycles. The van der Waals surface area contributed by atoms with Crippen LogP contribution in [0.5, 0.6) is 0 Å². The van der Waals surface area contributed by atoms with Crippen LogP contribution in [0, 0.1) is 10.1 Å². The van der Waals surface area contributed by atoms with Crippen molar-refractivity contribution in [2.24, 2.45) is 0 Å². The molecule has 88 valence electrons. The van der Waals surface area contributed by atoms with Gasteiger partial charge in [-0.05, 0) is 27.7 Å². The van der Waals surface area contributed by atoms with E-state index in [0.29, 0.717) is 11.0 Å². The number of nitrogens with zero attached hydrogens (tertiary/aromatic N) is 1. The Bertz CT molecular complexity index is 723. The Balaban J connectivity index is 2.88. The molecule has 0 amide bonds. The zero-order valence-corrected chi connectivity index (χ0v) is 9.59. The maximum atomic E-state index is 11.1. The average molecular weight is 274 g/mol. The second-order valence-corrected chi connectivity index (χ2v) is 4.17. The first-order chi connectivity index (χ1) is 8.02. The first kappa shape index (κ1) is 11.7. The van der Waals surface area contributed by atoms with Crippen molar-refractivity contribution in [1.82, 2.24) is 9.97 Å². The van der Waals surface area contributed by atoms with Crippen LogP contribution in [0.2, 0.25) is 0 Å². The molecule has 2 N–H and O–H groups in total. The molecule has 0 atom stereocenters. The first-order valence-electron chi connectivity index (χ1n) is 4.26. The van der Waals surface area contributed by atoms with Gasteiger partial charge in [0.25, 0.3) is 5.69 Å². The van der Waals surface area contributed by atoms with Gasteiger partial charge in [0.05, 0.1) is 16.0 Å². The van der Waals surface area contributed by atoms with Gasteiger partial charge in [-0.1, -0.05) is 0 Å². The summed E-state index contributed by atoms with van der Waals surface area (Å²) < 4.78 is 0. The second-order valence-electron chi connectivity index (χ2n) is 3.11. The molecule has 0 aliphatic rings. The number of nitro groups is 1. The zero-order valence-electron chi connectivity index (χ0n) is 8.02. The van der Waals surface area contributed by atoms with Crippen LogP contribution in [0.1, 0.15) is 0 Å². The van der Waals surface area contributed by atoms with Gasteiger partial charge < -0.3 is 9.97 Å². The van der Waals surface area contributed by atoms with E-state index in [1.165, 1.54) is 6.07 Å². The minimum Gasteiger partial charge on any atom is -0.316 e. The van der Waals surface area contributed by atoms with Gasteiger partial charge in [0.2, 0.25) is 0 Å². The summed E-state index contributed by atoms with van der Waals surface area (Å²) in [4.78, 5) is 37.0. The number of halogens is 1. The molecule has 0 radical (unpaired) electrons. The number of aromatic nitrogens is 2. The van der Waals surface area contributed by atoms with Crippen LogP contribution in [0.4, 0.5) is 5.69 Å². The SMILES string of the molecule is O=c1[nH]c2cc(SCl)c([N+](=O)[O-])cc2[nH]c1=O. The number of nitrogens with one attached hydrogen (secondary N) is 2. The Morgan fingerprint density at radius 1 is 1.18 bits per heavy atom. The number of H-pyrrole nitrogens is 2. The van der Waals surface area contributed by atoms with E-state index >= 15 is 0 Å². The predicted octanol–water partition coefficient (Wildman–Crippen LogP) is 1.37. The Morgan fingerprint density at radius 2 is 1.71 bits per heavy atom. The van der Waals surface area contributed by atoms with Crippen LogP contribution in [0.15, 0.2) is 26.6 Å². The van der Waals surface area contributed by atoms with Crippen LogP contribution >= 0.6 is 21.7 Å². The summed E-state index contributed by atoms with van der Waals surface area (Å²) in [5.41, 5.74) is -1.46. The van der Waals surface area contributed by atoms with Crippen molar-refractivity contribution in [1.29, 1.82) is 0 Å². The molecule has 2 aromatic rings. The van der Waals surface area contributed by atoms with Crippen LogP contribution in [0.3, 0.4) is 0 Å². The van der Waals surface area contributed by atoms with Crippen molar-refractivity contribution in [2.75, 3.05) is 0 Å². The summed E-state index contributed by atoms with van der Waals surface area (Å²) in [5, 5.41) is 10.7. The van der Waals surface area contributed by atoms with E-state index in [0.717, 1.165) is 6.07 Å². The van der Waals surface area contributed by atoms with Crippen LogP contribution in [0.25, 0.3) is 11.0 Å². The van der Waals surface area contributed by atoms with Crippen molar-refractivity contribution < 1.29 is 4.92 Å². The van der Waals surface area contributed by atoms with E-state index in [4.69, 9.17) is 10.7 Å². The van der Waals surface area contributed by atoms with Crippen molar-refractivity contribution >= 4 is 38.4 Å². The average Bonchev–Trinajstić information content (AvgIpc) is 2.29. The van der Waals surface area contributed by atoms with Gasteiger partial charge in [0.1, 0.15) is 4.90 Å². The first-order valence-corrected chi connectivity index (χ1v) is 5.90. The van der Waals surface area contributed by atoms with Gasteiger partial charge in [-0.2, -0.15) is 0 Å². The minimum absolute atomic E-state index is 0.177. The number of hydrogen-bond donors (Lipinski definition) is 2. The summed E-state index contributed by atoms with van der Waals surface area (Å²) in [6.45, 7) is 0. The lowest BCUT2D eigenvalue weighted by Crippen LogP contribution is -2.28. The molecule has 2 rings (SSSR count). The van der Waals surface area contributed by atoms with E-state index < -0.39 is 16.0 Å². The van der Waals surface area contributed by atoms with E-state index in [-0.39, 0.29) is 21.6 Å². The molecule has 17 heavy (non-hydrogen) atoms. The molecule has 9 heteroatoms. The molecule has 7 nitrogen and oxygen atoms in total. The number of hydrogen-bond acceptors (Lipinski definition) is 5. The molecule has 1 heterocycles. The highest BCUT2D eigenvalue weighted by Gasteiger charge is 2.16. The van der Waals surface area contributed by atoms with E-state index in [2.05, 4.69) is 9.97 Å². The van der Waals surface area contributed by atoms with E-state index in [9.17, 15) is 19.7 Å². The number of benzene rings is 1. The quantitative estimate of drug-likeness (QED) is 0.488. The number of fused-ring (bicyclic) bond motifs is 1. The molecule has 0 saturated heterocycles. The van der Waals surface area contributed by atoms with Crippen LogP contribution in [-0.2, 0) is 0 Å². The fourth-order valence-corrected chi connectivity index (χ4v) is 2.08. The molecule has 0 saturated carbocycles. The molecular formula is C8H4ClN3O4S. The van der Waals surface area contributed by atoms with E-state index in [1.54, 1.807) is 0 Å². The standard InChI is InChI=1S/C8H4ClN3O4S/c9-17-6-2-4-3(1-5(6)12(15)16)10-7(13)8(14)11-4/h1-2H,(H,10,13)(H,11,14). The largest absolute Gasteiger partial charge is 0.316 e. The molecule has 1 aromatic carbocycles. The van der Waals surface area contributed by atoms with Gasteiger partial charge in [-0.25, -0.2) is 0 Å². The molecule has 0 aliphatic heterocycles. The second kappa shape index (κ2) is 4.22. The lowest BCUT2D eigenvalue weighted by Gasteiger charge is -2.01. The number of rotatable bonds is 2. The number of aromatic amines is 2. The topological polar surface area (TPSA) is 109 Å². The summed E-state index contributed by atoms with van der Waals surface area (Å²) >= 11 is 0. The van der Waals surface area contributed by atoms with E-state index in [1.807, 2.05) is 0 Å². The normalized spacial score (nSPS) is 10.6. The summed E-state index contributed by atoms with van der Waals surface area (Å²) in [5.74, 6) is 0. The summed E-state index contributed by atoms with van der Waals surface area (Å²) in [6.07, 6.45) is 0.